The molecule has 3 aromatic carbocycles. The molecular weight excluding hydrogens is 781 g/mol. The largest absolute Gasteiger partial charge is 0.493 e. The SMILES string of the molecule is COc1cc(C(=O)N2CCO[C@](CCN3CCC4(CC3)c3ccccc3C[C@@H]4OCC(=O)N(C)CCCCO)(c3ccc(Cl)c(Cl)c3)C2)cc(OC)c1OC.Cl. The average molecular weight is 835 g/mol. The number of aliphatic hydroxyl groups excluding tert-OH is 1. The van der Waals surface area contributed by atoms with Crippen molar-refractivity contribution in [2.75, 3.05) is 87.5 Å². The van der Waals surface area contributed by atoms with Crippen LogP contribution in [0.4, 0.5) is 0 Å². The minimum Gasteiger partial charge on any atom is -0.493 e. The van der Waals surface area contributed by atoms with Crippen LogP contribution in [0.25, 0.3) is 0 Å². The third kappa shape index (κ3) is 9.20. The molecular formula is C42H54Cl3N3O8. The monoisotopic (exact) mass is 833 g/mol. The molecule has 2 saturated heterocycles. The molecule has 11 nitrogen and oxygen atoms in total. The van der Waals surface area contributed by atoms with E-state index in [-0.39, 0.29) is 49.0 Å². The number of fused-ring (bicyclic) bond motifs is 2. The number of aliphatic hydroxyl groups is 1. The lowest BCUT2D eigenvalue weighted by Crippen LogP contribution is -2.54. The summed E-state index contributed by atoms with van der Waals surface area (Å²) in [5.74, 6) is 1.01. The smallest absolute Gasteiger partial charge is 0.254 e. The van der Waals surface area contributed by atoms with Crippen LogP contribution in [0.1, 0.15) is 59.2 Å². The van der Waals surface area contributed by atoms with Gasteiger partial charge in [0.1, 0.15) is 12.2 Å². The van der Waals surface area contributed by atoms with Gasteiger partial charge in [-0.2, -0.15) is 0 Å². The maximum absolute atomic E-state index is 14.2. The molecule has 56 heavy (non-hydrogen) atoms. The zero-order valence-corrected chi connectivity index (χ0v) is 35.0. The number of carbonyl (C=O) groups excluding carboxylic acids is 2. The van der Waals surface area contributed by atoms with E-state index in [0.717, 1.165) is 50.9 Å². The molecule has 2 amide bonds. The predicted octanol–water partition coefficient (Wildman–Crippen LogP) is 6.41. The molecule has 14 heteroatoms. The van der Waals surface area contributed by atoms with Crippen LogP contribution in [0.5, 0.6) is 17.2 Å². The minimum atomic E-state index is -0.840. The fourth-order valence-corrected chi connectivity index (χ4v) is 8.84. The second-order valence-electron chi connectivity index (χ2n) is 14.8. The number of benzene rings is 3. The molecule has 306 valence electrons. The van der Waals surface area contributed by atoms with E-state index in [1.54, 1.807) is 30.1 Å². The number of morpholine rings is 1. The Bertz CT molecular complexity index is 1800. The number of hydrogen-bond acceptors (Lipinski definition) is 9. The van der Waals surface area contributed by atoms with E-state index in [1.165, 1.54) is 32.5 Å². The standard InChI is InChI=1S/C42H53Cl2N3O8.ClH/c1-45(16-7-8-21-48)38(49)27-54-37-25-29-9-5-6-10-32(29)41(37)13-17-46(18-14-41)19-15-42(31-11-12-33(43)34(44)26-31)28-47(20-22-55-42)40(50)30-23-35(51-2)39(53-4)36(24-30)52-3;/h5-6,9-12,23-24,26,37,48H,7-8,13-22,25,27-28H2,1-4H3;1H/t37-,42-;/m0./s1. The topological polar surface area (TPSA) is 110 Å². The van der Waals surface area contributed by atoms with Crippen LogP contribution in [-0.4, -0.2) is 125 Å². The number of likely N-dealkylation sites (tertiary alicyclic amines) is 1. The number of amides is 2. The summed E-state index contributed by atoms with van der Waals surface area (Å²) in [5, 5.41) is 10.0. The molecule has 6 rings (SSSR count). The van der Waals surface area contributed by atoms with E-state index in [2.05, 4.69) is 29.2 Å². The molecule has 2 aliphatic heterocycles. The average Bonchev–Trinajstić information content (AvgIpc) is 3.51. The Labute approximate surface area is 346 Å². The van der Waals surface area contributed by atoms with Crippen molar-refractivity contribution >= 4 is 47.4 Å². The lowest BCUT2D eigenvalue weighted by Gasteiger charge is -2.46. The molecule has 3 aliphatic rings. The van der Waals surface area contributed by atoms with Gasteiger partial charge in [-0.1, -0.05) is 53.5 Å². The third-order valence-electron chi connectivity index (χ3n) is 11.7. The Kier molecular flexibility index (Phi) is 15.2. The van der Waals surface area contributed by atoms with Gasteiger partial charge in [0.15, 0.2) is 11.5 Å². The predicted molar refractivity (Wildman–Crippen MR) is 219 cm³/mol. The van der Waals surface area contributed by atoms with Gasteiger partial charge in [0.05, 0.1) is 50.6 Å². The van der Waals surface area contributed by atoms with Crippen molar-refractivity contribution in [1.82, 2.24) is 14.7 Å². The number of halogens is 3. The molecule has 1 aliphatic carbocycles. The van der Waals surface area contributed by atoms with Crippen molar-refractivity contribution in [3.8, 4) is 17.2 Å². The number of likely N-dealkylation sites (N-methyl/N-ethyl adjacent to an activating group) is 1. The van der Waals surface area contributed by atoms with Crippen molar-refractivity contribution in [1.29, 1.82) is 0 Å². The van der Waals surface area contributed by atoms with E-state index in [9.17, 15) is 9.59 Å². The van der Waals surface area contributed by atoms with Crippen molar-refractivity contribution in [2.45, 2.75) is 55.6 Å². The van der Waals surface area contributed by atoms with Crippen LogP contribution in [0.2, 0.25) is 10.0 Å². The van der Waals surface area contributed by atoms with Crippen LogP contribution in [-0.2, 0) is 31.7 Å². The van der Waals surface area contributed by atoms with Gasteiger partial charge in [0.2, 0.25) is 11.7 Å². The van der Waals surface area contributed by atoms with Crippen molar-refractivity contribution in [2.24, 2.45) is 0 Å². The van der Waals surface area contributed by atoms with Gasteiger partial charge < -0.3 is 43.5 Å². The van der Waals surface area contributed by atoms with Crippen molar-refractivity contribution in [3.05, 3.63) is 86.9 Å². The first kappa shape index (κ1) is 43.8. The number of ether oxygens (including phenoxy) is 5. The summed E-state index contributed by atoms with van der Waals surface area (Å²) in [5.41, 5.74) is 2.87. The fourth-order valence-electron chi connectivity index (χ4n) is 8.54. The lowest BCUT2D eigenvalue weighted by molar-refractivity contribution is -0.139. The number of piperidine rings is 1. The van der Waals surface area contributed by atoms with Gasteiger partial charge in [0.25, 0.3) is 5.91 Å². The second-order valence-corrected chi connectivity index (χ2v) is 15.6. The van der Waals surface area contributed by atoms with E-state index >= 15 is 0 Å². The minimum absolute atomic E-state index is 0. The highest BCUT2D eigenvalue weighted by Crippen LogP contribution is 2.48. The van der Waals surface area contributed by atoms with Gasteiger partial charge >= 0.3 is 0 Å². The first-order chi connectivity index (χ1) is 26.6. The molecule has 1 spiro atoms. The lowest BCUT2D eigenvalue weighted by atomic mass is 9.72. The summed E-state index contributed by atoms with van der Waals surface area (Å²) in [4.78, 5) is 33.2. The molecule has 2 fully saturated rings. The highest BCUT2D eigenvalue weighted by atomic mass is 35.5. The number of nitrogens with zero attached hydrogens (tertiary/aromatic N) is 3. The summed E-state index contributed by atoms with van der Waals surface area (Å²) >= 11 is 13.0. The summed E-state index contributed by atoms with van der Waals surface area (Å²) in [7, 11) is 6.38. The van der Waals surface area contributed by atoms with Crippen LogP contribution in [0, 0.1) is 0 Å². The molecule has 0 saturated carbocycles. The Hall–Kier alpha value is -3.29. The summed E-state index contributed by atoms with van der Waals surface area (Å²) in [6, 6.07) is 17.5. The molecule has 2 atom stereocenters. The highest BCUT2D eigenvalue weighted by Gasteiger charge is 2.49. The zero-order valence-electron chi connectivity index (χ0n) is 32.7. The molecule has 1 N–H and O–H groups in total. The van der Waals surface area contributed by atoms with E-state index in [1.807, 2.05) is 17.0 Å². The Balaban J connectivity index is 0.00000600. The Morgan fingerprint density at radius 3 is 2.32 bits per heavy atom. The highest BCUT2D eigenvalue weighted by molar-refractivity contribution is 6.42. The first-order valence-electron chi connectivity index (χ1n) is 19.0. The molecule has 0 bridgehead atoms. The summed E-state index contributed by atoms with van der Waals surface area (Å²) < 4.78 is 29.8. The summed E-state index contributed by atoms with van der Waals surface area (Å²) in [6.45, 7) is 4.22. The van der Waals surface area contributed by atoms with Gasteiger partial charge in [-0.3, -0.25) is 9.59 Å². The van der Waals surface area contributed by atoms with Gasteiger partial charge in [0, 0.05) is 44.3 Å². The molecule has 0 radical (unpaired) electrons. The number of unbranched alkanes of at least 4 members (excludes halogenated alkanes) is 1. The van der Waals surface area contributed by atoms with E-state index in [0.29, 0.717) is 71.9 Å². The zero-order chi connectivity index (χ0) is 39.2. The van der Waals surface area contributed by atoms with E-state index in [4.69, 9.17) is 52.0 Å². The van der Waals surface area contributed by atoms with Crippen LogP contribution in [0.15, 0.2) is 54.6 Å². The van der Waals surface area contributed by atoms with Crippen LogP contribution >= 0.6 is 35.6 Å². The number of rotatable bonds is 15. The Morgan fingerprint density at radius 1 is 0.946 bits per heavy atom. The number of carbonyl (C=O) groups is 2. The number of hydrogen-bond donors (Lipinski definition) is 1. The third-order valence-corrected chi connectivity index (χ3v) is 12.5. The maximum Gasteiger partial charge on any atom is 0.254 e. The maximum atomic E-state index is 14.2. The summed E-state index contributed by atoms with van der Waals surface area (Å²) in [6.07, 6.45) is 4.50. The fraction of sp³-hybridized carbons (Fsp3) is 0.524. The normalized spacial score (nSPS) is 20.3. The quantitative estimate of drug-likeness (QED) is 0.174. The van der Waals surface area contributed by atoms with Crippen molar-refractivity contribution in [3.63, 3.8) is 0 Å². The van der Waals surface area contributed by atoms with Gasteiger partial charge in [-0.25, -0.2) is 0 Å². The van der Waals surface area contributed by atoms with Crippen LogP contribution in [0.3, 0.4) is 0 Å². The van der Waals surface area contributed by atoms with Crippen molar-refractivity contribution < 1.29 is 38.4 Å². The molecule has 0 unspecified atom stereocenters. The van der Waals surface area contributed by atoms with E-state index < -0.39 is 5.60 Å². The van der Waals surface area contributed by atoms with Gasteiger partial charge in [-0.15, -0.1) is 12.4 Å². The van der Waals surface area contributed by atoms with Crippen LogP contribution < -0.4 is 14.2 Å². The van der Waals surface area contributed by atoms with Gasteiger partial charge in [-0.05, 0) is 92.6 Å². The second kappa shape index (κ2) is 19.4. The number of methoxy groups -OCH3 is 3. The molecule has 3 aromatic rings. The molecule has 2 heterocycles. The molecule has 0 aromatic heterocycles. The first-order valence-corrected chi connectivity index (χ1v) is 19.8. The Morgan fingerprint density at radius 2 is 1.66 bits per heavy atom.